The lowest BCUT2D eigenvalue weighted by molar-refractivity contribution is 0.0944. The Kier molecular flexibility index (Phi) is 5.38. The van der Waals surface area contributed by atoms with E-state index in [1.165, 1.54) is 30.3 Å². The number of nitrogens with zero attached hydrogens (tertiary/aromatic N) is 2. The zero-order chi connectivity index (χ0) is 18.5. The maximum Gasteiger partial charge on any atom is 0.272 e. The van der Waals surface area contributed by atoms with Crippen molar-refractivity contribution < 1.29 is 13.6 Å². The van der Waals surface area contributed by atoms with Gasteiger partial charge in [-0.05, 0) is 36.4 Å². The first-order valence-corrected chi connectivity index (χ1v) is 7.98. The molecule has 0 spiro atoms. The van der Waals surface area contributed by atoms with E-state index in [1.807, 2.05) is 0 Å². The van der Waals surface area contributed by atoms with Gasteiger partial charge in [-0.25, -0.2) is 8.78 Å². The van der Waals surface area contributed by atoms with Crippen molar-refractivity contribution >= 4 is 29.0 Å². The fourth-order valence-corrected chi connectivity index (χ4v) is 2.33. The third kappa shape index (κ3) is 4.31. The molecule has 8 heteroatoms. The van der Waals surface area contributed by atoms with Crippen molar-refractivity contribution in [2.75, 3.05) is 5.32 Å². The van der Waals surface area contributed by atoms with Crippen molar-refractivity contribution in [2.45, 2.75) is 6.54 Å². The Morgan fingerprint density at radius 3 is 2.50 bits per heavy atom. The first-order chi connectivity index (χ1) is 12.5. The van der Waals surface area contributed by atoms with Gasteiger partial charge in [0, 0.05) is 17.8 Å². The van der Waals surface area contributed by atoms with Gasteiger partial charge >= 0.3 is 0 Å². The van der Waals surface area contributed by atoms with E-state index in [-0.39, 0.29) is 17.3 Å². The van der Waals surface area contributed by atoms with Crippen molar-refractivity contribution in [3.8, 4) is 0 Å². The second kappa shape index (κ2) is 7.88. The van der Waals surface area contributed by atoms with E-state index < -0.39 is 17.5 Å². The molecule has 0 atom stereocenters. The van der Waals surface area contributed by atoms with E-state index in [1.54, 1.807) is 24.3 Å². The Bertz CT molecular complexity index is 935. The number of halogens is 3. The van der Waals surface area contributed by atoms with Gasteiger partial charge in [-0.2, -0.15) is 0 Å². The minimum atomic E-state index is -0.523. The van der Waals surface area contributed by atoms with Crippen LogP contribution in [0.3, 0.4) is 0 Å². The molecule has 5 nitrogen and oxygen atoms in total. The van der Waals surface area contributed by atoms with Crippen LogP contribution >= 0.6 is 11.6 Å². The van der Waals surface area contributed by atoms with Crippen molar-refractivity contribution in [2.24, 2.45) is 0 Å². The lowest BCUT2D eigenvalue weighted by Gasteiger charge is -2.07. The summed E-state index contributed by atoms with van der Waals surface area (Å²) in [4.78, 5) is 12.1. The average Bonchev–Trinajstić information content (AvgIpc) is 2.64. The van der Waals surface area contributed by atoms with Crippen LogP contribution < -0.4 is 10.6 Å². The van der Waals surface area contributed by atoms with Gasteiger partial charge in [-0.15, -0.1) is 10.2 Å². The number of carbonyl (C=O) groups excluding carboxylic acids is 1. The predicted octanol–water partition coefficient (Wildman–Crippen LogP) is 4.08. The molecule has 132 valence electrons. The van der Waals surface area contributed by atoms with Crippen LogP contribution in [0.4, 0.5) is 20.3 Å². The summed E-state index contributed by atoms with van der Waals surface area (Å²) in [6.45, 7) is 0.0429. The molecule has 2 aromatic carbocycles. The molecule has 0 aliphatic rings. The first kappa shape index (κ1) is 17.8. The topological polar surface area (TPSA) is 66.9 Å². The van der Waals surface area contributed by atoms with Crippen LogP contribution in [-0.4, -0.2) is 16.1 Å². The van der Waals surface area contributed by atoms with Crippen molar-refractivity contribution in [1.29, 1.82) is 0 Å². The number of rotatable bonds is 5. The standard InChI is InChI=1S/C18H13ClF2N4O/c19-13-9-12(5-6-15(13)21)23-17-8-7-16(24-25-17)18(26)22-10-11-3-1-2-4-14(11)20/h1-9H,10H2,(H,22,26)(H,23,25). The summed E-state index contributed by atoms with van der Waals surface area (Å²) in [6, 6.07) is 13.3. The van der Waals surface area contributed by atoms with Crippen molar-refractivity contribution in [3.05, 3.63) is 82.5 Å². The van der Waals surface area contributed by atoms with Gasteiger partial charge in [0.1, 0.15) is 11.6 Å². The average molecular weight is 375 g/mol. The summed E-state index contributed by atoms with van der Waals surface area (Å²) in [5.41, 5.74) is 0.992. The number of aromatic nitrogens is 2. The van der Waals surface area contributed by atoms with Gasteiger partial charge in [0.15, 0.2) is 11.5 Å². The van der Waals surface area contributed by atoms with E-state index in [0.29, 0.717) is 17.1 Å². The number of hydrogen-bond donors (Lipinski definition) is 2. The Hall–Kier alpha value is -3.06. The number of carbonyl (C=O) groups is 1. The summed E-state index contributed by atoms with van der Waals surface area (Å²) < 4.78 is 26.7. The van der Waals surface area contributed by atoms with Crippen LogP contribution in [0.2, 0.25) is 5.02 Å². The summed E-state index contributed by atoms with van der Waals surface area (Å²) in [5, 5.41) is 13.2. The van der Waals surface area contributed by atoms with Crippen LogP contribution in [0.5, 0.6) is 0 Å². The Morgan fingerprint density at radius 2 is 1.81 bits per heavy atom. The molecule has 2 N–H and O–H groups in total. The van der Waals surface area contributed by atoms with Crippen molar-refractivity contribution in [3.63, 3.8) is 0 Å². The lowest BCUT2D eigenvalue weighted by atomic mass is 10.2. The van der Waals surface area contributed by atoms with E-state index >= 15 is 0 Å². The molecule has 26 heavy (non-hydrogen) atoms. The number of nitrogens with one attached hydrogen (secondary N) is 2. The van der Waals surface area contributed by atoms with Gasteiger partial charge < -0.3 is 10.6 Å². The second-order valence-corrected chi connectivity index (χ2v) is 5.74. The molecule has 0 saturated carbocycles. The van der Waals surface area contributed by atoms with Gasteiger partial charge in [-0.1, -0.05) is 29.8 Å². The van der Waals surface area contributed by atoms with Crippen LogP contribution in [-0.2, 0) is 6.54 Å². The monoisotopic (exact) mass is 374 g/mol. The maximum absolute atomic E-state index is 13.5. The van der Waals surface area contributed by atoms with Gasteiger partial charge in [0.05, 0.1) is 5.02 Å². The van der Waals surface area contributed by atoms with E-state index in [2.05, 4.69) is 20.8 Å². The molecule has 3 rings (SSSR count). The smallest absolute Gasteiger partial charge is 0.272 e. The highest BCUT2D eigenvalue weighted by atomic mass is 35.5. The molecule has 3 aromatic rings. The molecule has 0 aliphatic heterocycles. The largest absolute Gasteiger partial charge is 0.346 e. The van der Waals surface area contributed by atoms with Crippen LogP contribution in [0.15, 0.2) is 54.6 Å². The minimum Gasteiger partial charge on any atom is -0.346 e. The molecule has 0 bridgehead atoms. The van der Waals surface area contributed by atoms with Gasteiger partial charge in [0.2, 0.25) is 0 Å². The van der Waals surface area contributed by atoms with Crippen LogP contribution in [0.25, 0.3) is 0 Å². The molecular weight excluding hydrogens is 362 g/mol. The highest BCUT2D eigenvalue weighted by Gasteiger charge is 2.10. The summed E-state index contributed by atoms with van der Waals surface area (Å²) in [5.74, 6) is -1.03. The molecule has 0 aliphatic carbocycles. The number of anilines is 2. The normalized spacial score (nSPS) is 10.4. The molecule has 0 radical (unpaired) electrons. The molecule has 1 heterocycles. The molecular formula is C18H13ClF2N4O. The third-order valence-corrected chi connectivity index (χ3v) is 3.78. The molecule has 1 amide bonds. The molecule has 0 saturated heterocycles. The van der Waals surface area contributed by atoms with Crippen molar-refractivity contribution in [1.82, 2.24) is 15.5 Å². The predicted molar refractivity (Wildman–Crippen MR) is 94.3 cm³/mol. The molecule has 1 aromatic heterocycles. The van der Waals surface area contributed by atoms with Crippen LogP contribution in [0.1, 0.15) is 16.1 Å². The Balaban J connectivity index is 1.62. The molecule has 0 fully saturated rings. The minimum absolute atomic E-state index is 0.0212. The third-order valence-electron chi connectivity index (χ3n) is 3.49. The van der Waals surface area contributed by atoms with E-state index in [0.717, 1.165) is 0 Å². The Morgan fingerprint density at radius 1 is 1.00 bits per heavy atom. The summed E-state index contributed by atoms with van der Waals surface area (Å²) in [7, 11) is 0. The van der Waals surface area contributed by atoms with E-state index in [9.17, 15) is 13.6 Å². The summed E-state index contributed by atoms with van der Waals surface area (Å²) >= 11 is 5.71. The quantitative estimate of drug-likeness (QED) is 0.706. The number of benzene rings is 2. The zero-order valence-electron chi connectivity index (χ0n) is 13.3. The Labute approximate surface area is 153 Å². The SMILES string of the molecule is O=C(NCc1ccccc1F)c1ccc(Nc2ccc(F)c(Cl)c2)nn1. The summed E-state index contributed by atoms with van der Waals surface area (Å²) in [6.07, 6.45) is 0. The van der Waals surface area contributed by atoms with Gasteiger partial charge in [0.25, 0.3) is 5.91 Å². The molecule has 0 unspecified atom stereocenters. The fourth-order valence-electron chi connectivity index (χ4n) is 2.15. The van der Waals surface area contributed by atoms with Crippen LogP contribution in [0, 0.1) is 11.6 Å². The maximum atomic E-state index is 13.5. The zero-order valence-corrected chi connectivity index (χ0v) is 14.1. The fraction of sp³-hybridized carbons (Fsp3) is 0.0556. The first-order valence-electron chi connectivity index (χ1n) is 7.60. The van der Waals surface area contributed by atoms with Gasteiger partial charge in [-0.3, -0.25) is 4.79 Å². The number of amides is 1. The second-order valence-electron chi connectivity index (χ2n) is 5.33. The highest BCUT2D eigenvalue weighted by molar-refractivity contribution is 6.31. The van der Waals surface area contributed by atoms with E-state index in [4.69, 9.17) is 11.6 Å². The highest BCUT2D eigenvalue weighted by Crippen LogP contribution is 2.21. The number of hydrogen-bond acceptors (Lipinski definition) is 4. The lowest BCUT2D eigenvalue weighted by Crippen LogP contribution is -2.24.